The van der Waals surface area contributed by atoms with Gasteiger partial charge < -0.3 is 14.6 Å². The summed E-state index contributed by atoms with van der Waals surface area (Å²) in [6, 6.07) is 14.2. The van der Waals surface area contributed by atoms with Crippen molar-refractivity contribution in [2.24, 2.45) is 0 Å². The molecule has 0 atom stereocenters. The van der Waals surface area contributed by atoms with Crippen LogP contribution >= 0.6 is 0 Å². The number of hydrogen-bond donors (Lipinski definition) is 2. The standard InChI is InChI=1S/C23H27N3O4S/c1-30-19-7-9-20(10-8-19)31(28,29)25-18-12-14-26(15-13-18)23(27)11-6-17-16-24-22-5-3-2-4-21(17)22/h2-5,7-10,16,18,24-25H,6,11-15H2,1H3. The average Bonchev–Trinajstić information content (AvgIpc) is 3.21. The average molecular weight is 442 g/mol. The number of ether oxygens (including phenoxy) is 1. The molecule has 8 heteroatoms. The fraction of sp³-hybridized carbons (Fsp3) is 0.348. The second-order valence-electron chi connectivity index (χ2n) is 7.81. The predicted octanol–water partition coefficient (Wildman–Crippen LogP) is 3.08. The minimum Gasteiger partial charge on any atom is -0.497 e. The van der Waals surface area contributed by atoms with Gasteiger partial charge in [-0.1, -0.05) is 18.2 Å². The van der Waals surface area contributed by atoms with Crippen LogP contribution in [0.3, 0.4) is 0 Å². The van der Waals surface area contributed by atoms with E-state index in [0.717, 1.165) is 16.5 Å². The molecule has 31 heavy (non-hydrogen) atoms. The van der Waals surface area contributed by atoms with Crippen LogP contribution in [0.2, 0.25) is 0 Å². The zero-order valence-corrected chi connectivity index (χ0v) is 18.3. The highest BCUT2D eigenvalue weighted by Gasteiger charge is 2.26. The molecule has 0 unspecified atom stereocenters. The number of carbonyl (C=O) groups is 1. The third kappa shape index (κ3) is 4.91. The SMILES string of the molecule is COc1ccc(S(=O)(=O)NC2CCN(C(=O)CCc3c[nH]c4ccccc34)CC2)cc1. The summed E-state index contributed by atoms with van der Waals surface area (Å²) in [5.41, 5.74) is 2.22. The molecule has 2 N–H and O–H groups in total. The van der Waals surface area contributed by atoms with Gasteiger partial charge in [-0.15, -0.1) is 0 Å². The monoisotopic (exact) mass is 441 g/mol. The molecule has 1 aliphatic rings. The third-order valence-corrected chi connectivity index (χ3v) is 7.36. The topological polar surface area (TPSA) is 91.5 Å². The number of aryl methyl sites for hydroxylation is 1. The molecule has 7 nitrogen and oxygen atoms in total. The zero-order chi connectivity index (χ0) is 21.8. The Bertz CT molecular complexity index is 1150. The van der Waals surface area contributed by atoms with E-state index in [1.807, 2.05) is 29.3 Å². The molecule has 1 fully saturated rings. The fourth-order valence-electron chi connectivity index (χ4n) is 4.03. The Balaban J connectivity index is 1.28. The smallest absolute Gasteiger partial charge is 0.240 e. The van der Waals surface area contributed by atoms with Crippen molar-refractivity contribution in [3.05, 3.63) is 60.3 Å². The molecule has 1 aromatic heterocycles. The van der Waals surface area contributed by atoms with Gasteiger partial charge in [0.25, 0.3) is 0 Å². The largest absolute Gasteiger partial charge is 0.497 e. The summed E-state index contributed by atoms with van der Waals surface area (Å²) in [5, 5.41) is 1.15. The first-order valence-corrected chi connectivity index (χ1v) is 11.9. The van der Waals surface area contributed by atoms with Crippen molar-refractivity contribution in [2.75, 3.05) is 20.2 Å². The predicted molar refractivity (Wildman–Crippen MR) is 120 cm³/mol. The molecule has 1 aliphatic heterocycles. The van der Waals surface area contributed by atoms with Crippen molar-refractivity contribution >= 4 is 26.8 Å². The highest BCUT2D eigenvalue weighted by molar-refractivity contribution is 7.89. The van der Waals surface area contributed by atoms with E-state index in [4.69, 9.17) is 4.74 Å². The molecule has 0 bridgehead atoms. The normalized spacial score (nSPS) is 15.3. The number of benzene rings is 2. The number of nitrogens with one attached hydrogen (secondary N) is 2. The molecule has 0 spiro atoms. The first-order chi connectivity index (χ1) is 15.0. The van der Waals surface area contributed by atoms with Gasteiger partial charge in [-0.05, 0) is 55.2 Å². The Labute approximate surface area is 182 Å². The molecule has 1 amide bonds. The Hall–Kier alpha value is -2.84. The molecule has 2 heterocycles. The summed E-state index contributed by atoms with van der Waals surface area (Å²) in [6.45, 7) is 1.12. The maximum atomic E-state index is 12.7. The van der Waals surface area contributed by atoms with Crippen LogP contribution in [0, 0.1) is 0 Å². The summed E-state index contributed by atoms with van der Waals surface area (Å²) in [6.07, 6.45) is 4.32. The van der Waals surface area contributed by atoms with E-state index in [2.05, 4.69) is 15.8 Å². The first kappa shape index (κ1) is 21.4. The zero-order valence-electron chi connectivity index (χ0n) is 17.5. The third-order valence-electron chi connectivity index (χ3n) is 5.82. The van der Waals surface area contributed by atoms with Crippen LogP contribution in [0.15, 0.2) is 59.6 Å². The van der Waals surface area contributed by atoms with Crippen LogP contribution in [0.25, 0.3) is 10.9 Å². The van der Waals surface area contributed by atoms with Gasteiger partial charge in [0.15, 0.2) is 0 Å². The fourth-order valence-corrected chi connectivity index (χ4v) is 5.33. The van der Waals surface area contributed by atoms with Crippen LogP contribution in [0.4, 0.5) is 0 Å². The van der Waals surface area contributed by atoms with Gasteiger partial charge in [-0.3, -0.25) is 4.79 Å². The second kappa shape index (κ2) is 9.11. The van der Waals surface area contributed by atoms with E-state index in [1.54, 1.807) is 12.1 Å². The molecule has 0 aliphatic carbocycles. The van der Waals surface area contributed by atoms with Gasteiger partial charge in [0.2, 0.25) is 15.9 Å². The number of piperidine rings is 1. The lowest BCUT2D eigenvalue weighted by molar-refractivity contribution is -0.132. The lowest BCUT2D eigenvalue weighted by Gasteiger charge is -2.32. The van der Waals surface area contributed by atoms with Crippen molar-refractivity contribution in [3.8, 4) is 5.75 Å². The van der Waals surface area contributed by atoms with Gasteiger partial charge in [0, 0.05) is 42.7 Å². The van der Waals surface area contributed by atoms with Crippen molar-refractivity contribution in [3.63, 3.8) is 0 Å². The number of likely N-dealkylation sites (tertiary alicyclic amines) is 1. The van der Waals surface area contributed by atoms with E-state index in [0.29, 0.717) is 44.5 Å². The van der Waals surface area contributed by atoms with Gasteiger partial charge in [0.05, 0.1) is 12.0 Å². The number of H-pyrrole nitrogens is 1. The van der Waals surface area contributed by atoms with Crippen LogP contribution in [0.1, 0.15) is 24.8 Å². The second-order valence-corrected chi connectivity index (χ2v) is 9.53. The van der Waals surface area contributed by atoms with Crippen molar-refractivity contribution in [1.29, 1.82) is 0 Å². The van der Waals surface area contributed by atoms with E-state index in [1.165, 1.54) is 19.2 Å². The van der Waals surface area contributed by atoms with Crippen LogP contribution in [-0.4, -0.2) is 50.5 Å². The number of aromatic amines is 1. The lowest BCUT2D eigenvalue weighted by atomic mass is 10.0. The number of rotatable bonds is 7. The van der Waals surface area contributed by atoms with Crippen LogP contribution < -0.4 is 9.46 Å². The molecular weight excluding hydrogens is 414 g/mol. The number of carbonyl (C=O) groups excluding carboxylic acids is 1. The number of methoxy groups -OCH3 is 1. The van der Waals surface area contributed by atoms with Gasteiger partial charge in [0.1, 0.15) is 5.75 Å². The Morgan fingerprint density at radius 3 is 2.55 bits per heavy atom. The summed E-state index contributed by atoms with van der Waals surface area (Å²) < 4.78 is 33.1. The Morgan fingerprint density at radius 2 is 1.84 bits per heavy atom. The summed E-state index contributed by atoms with van der Waals surface area (Å²) in [4.78, 5) is 18.0. The number of aromatic nitrogens is 1. The molecule has 0 radical (unpaired) electrons. The van der Waals surface area contributed by atoms with Crippen LogP contribution in [0.5, 0.6) is 5.75 Å². The van der Waals surface area contributed by atoms with Gasteiger partial charge in [-0.25, -0.2) is 13.1 Å². The van der Waals surface area contributed by atoms with E-state index in [-0.39, 0.29) is 16.8 Å². The highest BCUT2D eigenvalue weighted by Crippen LogP contribution is 2.21. The Kier molecular flexibility index (Phi) is 6.29. The maximum Gasteiger partial charge on any atom is 0.240 e. The molecular formula is C23H27N3O4S. The number of hydrogen-bond acceptors (Lipinski definition) is 4. The lowest BCUT2D eigenvalue weighted by Crippen LogP contribution is -2.46. The molecule has 2 aromatic carbocycles. The number of sulfonamides is 1. The number of nitrogens with zero attached hydrogens (tertiary/aromatic N) is 1. The van der Waals surface area contributed by atoms with E-state index < -0.39 is 10.0 Å². The molecule has 0 saturated carbocycles. The first-order valence-electron chi connectivity index (χ1n) is 10.5. The number of para-hydroxylation sites is 1. The van der Waals surface area contributed by atoms with E-state index >= 15 is 0 Å². The van der Waals surface area contributed by atoms with Crippen molar-refractivity contribution in [2.45, 2.75) is 36.6 Å². The minimum absolute atomic E-state index is 0.113. The van der Waals surface area contributed by atoms with Crippen molar-refractivity contribution < 1.29 is 17.9 Å². The highest BCUT2D eigenvalue weighted by atomic mass is 32.2. The van der Waals surface area contributed by atoms with E-state index in [9.17, 15) is 13.2 Å². The molecule has 164 valence electrons. The quantitative estimate of drug-likeness (QED) is 0.589. The molecule has 3 aromatic rings. The number of amides is 1. The summed E-state index contributed by atoms with van der Waals surface area (Å²) in [7, 11) is -2.06. The van der Waals surface area contributed by atoms with Gasteiger partial charge in [-0.2, -0.15) is 0 Å². The summed E-state index contributed by atoms with van der Waals surface area (Å²) >= 11 is 0. The summed E-state index contributed by atoms with van der Waals surface area (Å²) in [5.74, 6) is 0.722. The Morgan fingerprint density at radius 1 is 1.13 bits per heavy atom. The van der Waals surface area contributed by atoms with Gasteiger partial charge >= 0.3 is 0 Å². The molecule has 1 saturated heterocycles. The van der Waals surface area contributed by atoms with Crippen LogP contribution in [-0.2, 0) is 21.2 Å². The molecule has 4 rings (SSSR count). The maximum absolute atomic E-state index is 12.7. The minimum atomic E-state index is -3.60. The number of fused-ring (bicyclic) bond motifs is 1. The van der Waals surface area contributed by atoms with Crippen molar-refractivity contribution in [1.82, 2.24) is 14.6 Å².